The van der Waals surface area contributed by atoms with Crippen LogP contribution < -0.4 is 14.8 Å². The van der Waals surface area contributed by atoms with E-state index < -0.39 is 0 Å². The van der Waals surface area contributed by atoms with Crippen molar-refractivity contribution in [1.82, 2.24) is 0 Å². The van der Waals surface area contributed by atoms with Crippen molar-refractivity contribution in [3.8, 4) is 17.2 Å². The van der Waals surface area contributed by atoms with Crippen LogP contribution in [0.1, 0.15) is 11.1 Å². The monoisotopic (exact) mass is 280 g/mol. The maximum Gasteiger partial charge on any atom is 0.246 e. The number of carbonyl (C=O) groups excluding carboxylic acids is 1. The van der Waals surface area contributed by atoms with Crippen LogP contribution in [0.2, 0.25) is 0 Å². The van der Waals surface area contributed by atoms with Gasteiger partial charge in [-0.3, -0.25) is 9.79 Å². The Hall–Kier alpha value is -2.82. The largest absolute Gasteiger partial charge is 0.490 e. The molecule has 5 nitrogen and oxygen atoms in total. The summed E-state index contributed by atoms with van der Waals surface area (Å²) in [5.74, 6) is 1.75. The summed E-state index contributed by atoms with van der Waals surface area (Å²) >= 11 is 0. The number of rotatable bonds is 2. The molecule has 0 spiro atoms. The van der Waals surface area contributed by atoms with E-state index in [1.54, 1.807) is 7.11 Å². The maximum atomic E-state index is 11.9. The van der Waals surface area contributed by atoms with Crippen molar-refractivity contribution < 1.29 is 14.3 Å². The second kappa shape index (κ2) is 4.34. The number of benzene rings is 2. The molecule has 2 aromatic rings. The fourth-order valence-corrected chi connectivity index (χ4v) is 2.62. The predicted molar refractivity (Wildman–Crippen MR) is 78.6 cm³/mol. The van der Waals surface area contributed by atoms with Crippen LogP contribution in [0, 0.1) is 0 Å². The average Bonchev–Trinajstić information content (AvgIpc) is 2.66. The lowest BCUT2D eigenvalue weighted by Crippen LogP contribution is -2.17. The van der Waals surface area contributed by atoms with E-state index in [-0.39, 0.29) is 12.5 Å². The number of ether oxygens (including phenoxy) is 2. The van der Waals surface area contributed by atoms with Crippen LogP contribution >= 0.6 is 0 Å². The standard InChI is InChI=1S/C16H12N2O3/c1-20-15-11-7-10-13(9-5-3-2-4-6-9)17-8-12(19)18-14(10)16(15)21-11/h2-7H,8H2,1H3,(H,18,19). The molecule has 0 saturated heterocycles. The van der Waals surface area contributed by atoms with E-state index in [9.17, 15) is 4.79 Å². The van der Waals surface area contributed by atoms with Crippen molar-refractivity contribution >= 4 is 17.3 Å². The Labute approximate surface area is 121 Å². The molecule has 3 aliphatic rings. The molecule has 5 rings (SSSR count). The van der Waals surface area contributed by atoms with E-state index in [1.165, 1.54) is 0 Å². The number of carbonyl (C=O) groups is 1. The molecular weight excluding hydrogens is 268 g/mol. The van der Waals surface area contributed by atoms with Crippen LogP contribution in [-0.2, 0) is 4.79 Å². The zero-order valence-corrected chi connectivity index (χ0v) is 11.3. The summed E-state index contributed by atoms with van der Waals surface area (Å²) in [4.78, 5) is 16.3. The van der Waals surface area contributed by atoms with E-state index in [2.05, 4.69) is 10.3 Å². The minimum atomic E-state index is -0.163. The van der Waals surface area contributed by atoms with Gasteiger partial charge in [0, 0.05) is 11.1 Å². The molecule has 0 atom stereocenters. The molecule has 104 valence electrons. The second-order valence-electron chi connectivity index (χ2n) is 4.84. The first-order valence-corrected chi connectivity index (χ1v) is 6.61. The van der Waals surface area contributed by atoms with Crippen molar-refractivity contribution in [2.45, 2.75) is 0 Å². The highest BCUT2D eigenvalue weighted by Gasteiger charge is 2.34. The van der Waals surface area contributed by atoms with Gasteiger partial charge in [0.25, 0.3) is 0 Å². The second-order valence-corrected chi connectivity index (χ2v) is 4.84. The number of aliphatic imine (C=N–C) groups is 1. The van der Waals surface area contributed by atoms with E-state index in [0.29, 0.717) is 22.9 Å². The number of nitrogens with zero attached hydrogens (tertiary/aromatic N) is 1. The third kappa shape index (κ3) is 1.71. The third-order valence-corrected chi connectivity index (χ3v) is 3.57. The molecule has 0 aliphatic carbocycles. The van der Waals surface area contributed by atoms with Crippen LogP contribution in [0.25, 0.3) is 0 Å². The quantitative estimate of drug-likeness (QED) is 0.785. The molecule has 21 heavy (non-hydrogen) atoms. The number of anilines is 1. The van der Waals surface area contributed by atoms with Gasteiger partial charge in [-0.2, -0.15) is 0 Å². The molecule has 1 N–H and O–H groups in total. The Kier molecular flexibility index (Phi) is 2.47. The van der Waals surface area contributed by atoms with Gasteiger partial charge in [-0.15, -0.1) is 0 Å². The fourth-order valence-electron chi connectivity index (χ4n) is 2.62. The van der Waals surface area contributed by atoms with Crippen molar-refractivity contribution in [3.05, 3.63) is 47.5 Å². The topological polar surface area (TPSA) is 59.9 Å². The number of amides is 1. The molecule has 3 aliphatic heterocycles. The van der Waals surface area contributed by atoms with Gasteiger partial charge in [0.2, 0.25) is 11.7 Å². The molecule has 0 saturated carbocycles. The summed E-state index contributed by atoms with van der Waals surface area (Å²) in [6, 6.07) is 11.7. The van der Waals surface area contributed by atoms with E-state index >= 15 is 0 Å². The van der Waals surface area contributed by atoms with Crippen LogP contribution in [0.3, 0.4) is 0 Å². The fraction of sp³-hybridized carbons (Fsp3) is 0.125. The number of hydrogen-bond acceptors (Lipinski definition) is 4. The summed E-state index contributed by atoms with van der Waals surface area (Å²) in [6.07, 6.45) is 0. The molecule has 0 fully saturated rings. The van der Waals surface area contributed by atoms with Crippen LogP contribution in [0.15, 0.2) is 41.4 Å². The molecule has 0 unspecified atom stereocenters. The normalized spacial score (nSPS) is 14.9. The Morgan fingerprint density at radius 3 is 2.86 bits per heavy atom. The SMILES string of the molecule is COc1c2cc3c(c1O2)NC(=O)CN=C3c1ccccc1. The van der Waals surface area contributed by atoms with Crippen molar-refractivity contribution in [2.75, 3.05) is 19.0 Å². The zero-order chi connectivity index (χ0) is 14.4. The van der Waals surface area contributed by atoms with Crippen molar-refractivity contribution in [3.63, 3.8) is 0 Å². The molecule has 1 amide bonds. The first-order valence-electron chi connectivity index (χ1n) is 6.61. The Balaban J connectivity index is 1.93. The van der Waals surface area contributed by atoms with E-state index in [1.807, 2.05) is 36.4 Å². The van der Waals surface area contributed by atoms with Gasteiger partial charge in [-0.1, -0.05) is 30.3 Å². The van der Waals surface area contributed by atoms with Gasteiger partial charge >= 0.3 is 0 Å². The van der Waals surface area contributed by atoms with Gasteiger partial charge in [-0.25, -0.2) is 0 Å². The van der Waals surface area contributed by atoms with Crippen LogP contribution in [0.5, 0.6) is 17.2 Å². The highest BCUT2D eigenvalue weighted by Crippen LogP contribution is 2.56. The first kappa shape index (κ1) is 12.0. The summed E-state index contributed by atoms with van der Waals surface area (Å²) in [6.45, 7) is 0.0933. The van der Waals surface area contributed by atoms with Gasteiger partial charge < -0.3 is 14.8 Å². The highest BCUT2D eigenvalue weighted by molar-refractivity contribution is 6.21. The molecule has 2 bridgehead atoms. The van der Waals surface area contributed by atoms with Gasteiger partial charge in [-0.05, 0) is 6.07 Å². The van der Waals surface area contributed by atoms with Crippen LogP contribution in [-0.4, -0.2) is 25.3 Å². The lowest BCUT2D eigenvalue weighted by atomic mass is 9.97. The lowest BCUT2D eigenvalue weighted by Gasteiger charge is -2.27. The zero-order valence-electron chi connectivity index (χ0n) is 11.3. The summed E-state index contributed by atoms with van der Waals surface area (Å²) < 4.78 is 10.8. The smallest absolute Gasteiger partial charge is 0.246 e. The average molecular weight is 280 g/mol. The molecule has 0 radical (unpaired) electrons. The molecule has 2 aromatic carbocycles. The third-order valence-electron chi connectivity index (χ3n) is 3.57. The van der Waals surface area contributed by atoms with E-state index in [0.717, 1.165) is 16.8 Å². The molecule has 3 heterocycles. The number of methoxy groups -OCH3 is 1. The van der Waals surface area contributed by atoms with Gasteiger partial charge in [0.05, 0.1) is 18.5 Å². The number of nitrogens with one attached hydrogen (secondary N) is 1. The highest BCUT2D eigenvalue weighted by atomic mass is 16.6. The van der Waals surface area contributed by atoms with Crippen molar-refractivity contribution in [1.29, 1.82) is 0 Å². The van der Waals surface area contributed by atoms with Crippen molar-refractivity contribution in [2.24, 2.45) is 4.99 Å². The van der Waals surface area contributed by atoms with Gasteiger partial charge in [0.15, 0.2) is 11.5 Å². The minimum Gasteiger partial charge on any atom is -0.490 e. The Bertz CT molecular complexity index is 782. The Morgan fingerprint density at radius 1 is 1.29 bits per heavy atom. The van der Waals surface area contributed by atoms with Gasteiger partial charge in [0.1, 0.15) is 6.54 Å². The predicted octanol–water partition coefficient (Wildman–Crippen LogP) is 2.59. The molecule has 0 aromatic heterocycles. The van der Waals surface area contributed by atoms with E-state index in [4.69, 9.17) is 9.47 Å². The summed E-state index contributed by atoms with van der Waals surface area (Å²) in [5.41, 5.74) is 3.26. The maximum absolute atomic E-state index is 11.9. The summed E-state index contributed by atoms with van der Waals surface area (Å²) in [5, 5.41) is 2.85. The summed E-state index contributed by atoms with van der Waals surface area (Å²) in [7, 11) is 1.59. The first-order chi connectivity index (χ1) is 10.3. The van der Waals surface area contributed by atoms with Crippen LogP contribution in [0.4, 0.5) is 5.69 Å². The Morgan fingerprint density at radius 2 is 2.10 bits per heavy atom. The minimum absolute atomic E-state index is 0.0933. The number of hydrogen-bond donors (Lipinski definition) is 1. The molecular formula is C16H12N2O3. The molecule has 5 heteroatoms. The lowest BCUT2D eigenvalue weighted by molar-refractivity contribution is -0.114.